The van der Waals surface area contributed by atoms with Crippen LogP contribution in [0.2, 0.25) is 10.0 Å². The Labute approximate surface area is 122 Å². The van der Waals surface area contributed by atoms with E-state index in [-0.39, 0.29) is 11.7 Å². The van der Waals surface area contributed by atoms with E-state index in [4.69, 9.17) is 23.2 Å². The van der Waals surface area contributed by atoms with Crippen molar-refractivity contribution in [3.63, 3.8) is 0 Å². The van der Waals surface area contributed by atoms with Crippen molar-refractivity contribution in [1.82, 2.24) is 0 Å². The Morgan fingerprint density at radius 2 is 1.79 bits per heavy atom. The van der Waals surface area contributed by atoms with Gasteiger partial charge < -0.3 is 5.11 Å². The molecule has 102 valence electrons. The summed E-state index contributed by atoms with van der Waals surface area (Å²) in [6, 6.07) is 3.37. The van der Waals surface area contributed by atoms with Crippen molar-refractivity contribution in [3.8, 4) is 0 Å². The molecule has 2 aliphatic rings. The molecule has 3 rings (SSSR count). The lowest BCUT2D eigenvalue weighted by molar-refractivity contribution is -0.00978. The lowest BCUT2D eigenvalue weighted by Gasteiger charge is -2.36. The second-order valence-corrected chi connectivity index (χ2v) is 6.47. The van der Waals surface area contributed by atoms with E-state index < -0.39 is 5.60 Å². The van der Waals surface area contributed by atoms with Crippen LogP contribution in [0, 0.1) is 5.92 Å². The summed E-state index contributed by atoms with van der Waals surface area (Å²) in [5, 5.41) is 11.7. The molecule has 1 unspecified atom stereocenters. The molecule has 1 fully saturated rings. The molecule has 19 heavy (non-hydrogen) atoms. The van der Waals surface area contributed by atoms with Gasteiger partial charge in [0.15, 0.2) is 5.78 Å². The van der Waals surface area contributed by atoms with E-state index in [1.54, 1.807) is 12.1 Å². The maximum Gasteiger partial charge on any atom is 0.194 e. The molecule has 0 amide bonds. The Kier molecular flexibility index (Phi) is 3.36. The number of halogens is 2. The normalized spacial score (nSPS) is 27.6. The Bertz CT molecular complexity index is 535. The van der Waals surface area contributed by atoms with Gasteiger partial charge in [0.25, 0.3) is 0 Å². The van der Waals surface area contributed by atoms with Crippen LogP contribution in [-0.2, 0) is 6.42 Å². The van der Waals surface area contributed by atoms with Gasteiger partial charge in [-0.3, -0.25) is 4.79 Å². The zero-order valence-electron chi connectivity index (χ0n) is 10.6. The molecule has 0 radical (unpaired) electrons. The zero-order chi connectivity index (χ0) is 13.6. The molecular formula is C15H16Cl2O2. The predicted molar refractivity (Wildman–Crippen MR) is 76.0 cm³/mol. The van der Waals surface area contributed by atoms with Crippen molar-refractivity contribution in [2.24, 2.45) is 5.92 Å². The summed E-state index contributed by atoms with van der Waals surface area (Å²) >= 11 is 12.0. The van der Waals surface area contributed by atoms with Crippen LogP contribution in [0.4, 0.5) is 0 Å². The van der Waals surface area contributed by atoms with Gasteiger partial charge in [-0.1, -0.05) is 36.0 Å². The van der Waals surface area contributed by atoms with Crippen LogP contribution in [0.25, 0.3) is 0 Å². The summed E-state index contributed by atoms with van der Waals surface area (Å²) in [5.41, 5.74) is 0.262. The summed E-state index contributed by atoms with van der Waals surface area (Å²) in [5.74, 6) is -0.0678. The number of hydrogen-bond donors (Lipinski definition) is 1. The van der Waals surface area contributed by atoms with Gasteiger partial charge in [0.1, 0.15) is 5.60 Å². The predicted octanol–water partition coefficient (Wildman–Crippen LogP) is 4.04. The summed E-state index contributed by atoms with van der Waals surface area (Å²) < 4.78 is 0. The lowest BCUT2D eigenvalue weighted by atomic mass is 9.71. The molecule has 1 atom stereocenters. The number of ketones is 1. The molecule has 2 nitrogen and oxygen atoms in total. The number of aliphatic hydroxyl groups is 1. The van der Waals surface area contributed by atoms with E-state index in [1.807, 2.05) is 0 Å². The average Bonchev–Trinajstić information content (AvgIpc) is 2.91. The summed E-state index contributed by atoms with van der Waals surface area (Å²) in [4.78, 5) is 12.6. The molecule has 4 heteroatoms. The molecule has 1 saturated carbocycles. The Morgan fingerprint density at radius 3 is 2.47 bits per heavy atom. The second-order valence-electron chi connectivity index (χ2n) is 5.66. The van der Waals surface area contributed by atoms with Gasteiger partial charge in [-0.25, -0.2) is 0 Å². The highest BCUT2D eigenvalue weighted by molar-refractivity contribution is 6.42. The molecule has 1 N–H and O–H groups in total. The van der Waals surface area contributed by atoms with E-state index in [2.05, 4.69) is 0 Å². The van der Waals surface area contributed by atoms with Gasteiger partial charge in [-0.2, -0.15) is 0 Å². The lowest BCUT2D eigenvalue weighted by Crippen LogP contribution is -2.48. The fourth-order valence-electron chi connectivity index (χ4n) is 3.47. The number of fused-ring (bicyclic) bond motifs is 1. The highest BCUT2D eigenvalue weighted by Gasteiger charge is 2.47. The largest absolute Gasteiger partial charge is 0.381 e. The Morgan fingerprint density at radius 1 is 1.16 bits per heavy atom. The van der Waals surface area contributed by atoms with Crippen LogP contribution in [0.3, 0.4) is 0 Å². The van der Waals surface area contributed by atoms with Gasteiger partial charge in [0.05, 0.1) is 10.0 Å². The minimum atomic E-state index is -1.19. The van der Waals surface area contributed by atoms with E-state index in [1.165, 1.54) is 0 Å². The molecule has 1 aromatic rings. The highest BCUT2D eigenvalue weighted by Crippen LogP contribution is 2.43. The Balaban J connectivity index is 2.01. The molecule has 2 aliphatic carbocycles. The third-order valence-electron chi connectivity index (χ3n) is 4.59. The third-order valence-corrected chi connectivity index (χ3v) is 5.31. The Hall–Kier alpha value is -0.570. The van der Waals surface area contributed by atoms with Gasteiger partial charge >= 0.3 is 0 Å². The fraction of sp³-hybridized carbons (Fsp3) is 0.533. The van der Waals surface area contributed by atoms with Crippen LogP contribution in [0.1, 0.15) is 48.0 Å². The standard InChI is InChI=1S/C15H16Cl2O2/c16-12-7-9-5-6-15(19,10-3-1-2-4-10)14(18)11(9)8-13(12)17/h7-8,10,19H,1-6H2. The third kappa shape index (κ3) is 2.10. The first-order chi connectivity index (χ1) is 9.02. The molecule has 0 aliphatic heterocycles. The van der Waals surface area contributed by atoms with Crippen molar-refractivity contribution in [3.05, 3.63) is 33.3 Å². The molecule has 0 heterocycles. The van der Waals surface area contributed by atoms with E-state index in [9.17, 15) is 9.90 Å². The molecule has 0 aromatic heterocycles. The minimum absolute atomic E-state index is 0.0996. The van der Waals surface area contributed by atoms with Crippen LogP contribution in [-0.4, -0.2) is 16.5 Å². The van der Waals surface area contributed by atoms with E-state index in [0.29, 0.717) is 28.5 Å². The number of aryl methyl sites for hydroxylation is 1. The van der Waals surface area contributed by atoms with Crippen molar-refractivity contribution >= 4 is 29.0 Å². The van der Waals surface area contributed by atoms with Gasteiger partial charge in [-0.15, -0.1) is 0 Å². The maximum absolute atomic E-state index is 12.6. The average molecular weight is 299 g/mol. The molecular weight excluding hydrogens is 283 g/mol. The number of carbonyl (C=O) groups excluding carboxylic acids is 1. The SMILES string of the molecule is O=C1c2cc(Cl)c(Cl)cc2CCC1(O)C1CCCC1. The van der Waals surface area contributed by atoms with Gasteiger partial charge in [0.2, 0.25) is 0 Å². The number of carbonyl (C=O) groups is 1. The first-order valence-corrected chi connectivity index (χ1v) is 7.53. The molecule has 0 bridgehead atoms. The maximum atomic E-state index is 12.6. The van der Waals surface area contributed by atoms with Gasteiger partial charge in [-0.05, 0) is 49.3 Å². The number of benzene rings is 1. The summed E-state index contributed by atoms with van der Waals surface area (Å²) in [7, 11) is 0. The first kappa shape index (κ1) is 13.4. The van der Waals surface area contributed by atoms with Crippen LogP contribution in [0.5, 0.6) is 0 Å². The van der Waals surface area contributed by atoms with Crippen molar-refractivity contribution in [2.75, 3.05) is 0 Å². The van der Waals surface area contributed by atoms with Crippen LogP contribution in [0.15, 0.2) is 12.1 Å². The van der Waals surface area contributed by atoms with Crippen molar-refractivity contribution in [2.45, 2.75) is 44.1 Å². The summed E-state index contributed by atoms with van der Waals surface area (Å²) in [6.45, 7) is 0. The van der Waals surface area contributed by atoms with Gasteiger partial charge in [0, 0.05) is 5.56 Å². The first-order valence-electron chi connectivity index (χ1n) is 6.77. The number of rotatable bonds is 1. The zero-order valence-corrected chi connectivity index (χ0v) is 12.1. The van der Waals surface area contributed by atoms with Crippen LogP contribution >= 0.6 is 23.2 Å². The fourth-order valence-corrected chi connectivity index (χ4v) is 3.82. The number of hydrogen-bond acceptors (Lipinski definition) is 2. The molecule has 0 saturated heterocycles. The van der Waals surface area contributed by atoms with Crippen molar-refractivity contribution < 1.29 is 9.90 Å². The minimum Gasteiger partial charge on any atom is -0.381 e. The van der Waals surface area contributed by atoms with E-state index in [0.717, 1.165) is 31.2 Å². The second kappa shape index (κ2) is 4.76. The summed E-state index contributed by atoms with van der Waals surface area (Å²) in [6.07, 6.45) is 5.28. The van der Waals surface area contributed by atoms with Crippen LogP contribution < -0.4 is 0 Å². The van der Waals surface area contributed by atoms with Crippen molar-refractivity contribution in [1.29, 1.82) is 0 Å². The smallest absolute Gasteiger partial charge is 0.194 e. The molecule has 1 aromatic carbocycles. The van der Waals surface area contributed by atoms with E-state index >= 15 is 0 Å². The highest BCUT2D eigenvalue weighted by atomic mass is 35.5. The quantitative estimate of drug-likeness (QED) is 0.849. The number of Topliss-reactive ketones (excluding diaryl/α,β-unsaturated/α-hetero) is 1. The topological polar surface area (TPSA) is 37.3 Å². The molecule has 0 spiro atoms. The monoisotopic (exact) mass is 298 g/mol.